The van der Waals surface area contributed by atoms with Crippen molar-refractivity contribution in [2.24, 2.45) is 0 Å². The molecule has 0 saturated heterocycles. The lowest BCUT2D eigenvalue weighted by molar-refractivity contribution is 0.493. The van der Waals surface area contributed by atoms with Crippen LogP contribution in [-0.2, 0) is 0 Å². The van der Waals surface area contributed by atoms with Crippen molar-refractivity contribution < 1.29 is 4.43 Å². The van der Waals surface area contributed by atoms with Crippen LogP contribution in [0.3, 0.4) is 0 Å². The summed E-state index contributed by atoms with van der Waals surface area (Å²) in [6.07, 6.45) is 5.44. The van der Waals surface area contributed by atoms with Crippen LogP contribution in [0.1, 0.15) is 20.8 Å². The molecule has 0 aliphatic heterocycles. The molecule has 4 nitrogen and oxygen atoms in total. The van der Waals surface area contributed by atoms with Gasteiger partial charge in [-0.25, -0.2) is 9.97 Å². The van der Waals surface area contributed by atoms with Crippen molar-refractivity contribution in [1.29, 1.82) is 0 Å². The Labute approximate surface area is 135 Å². The summed E-state index contributed by atoms with van der Waals surface area (Å²) < 4.78 is 9.44. The molecule has 0 bridgehead atoms. The summed E-state index contributed by atoms with van der Waals surface area (Å²) in [4.78, 5) is 8.71. The summed E-state index contributed by atoms with van der Waals surface area (Å²) in [5.41, 5.74) is 0.997. The van der Waals surface area contributed by atoms with Gasteiger partial charge in [-0.15, -0.1) is 0 Å². The van der Waals surface area contributed by atoms with E-state index >= 15 is 0 Å². The first-order valence-electron chi connectivity index (χ1n) is 7.34. The average Bonchev–Trinajstić information content (AvgIpc) is 3.05. The van der Waals surface area contributed by atoms with Crippen molar-refractivity contribution in [2.45, 2.75) is 38.9 Å². The molecule has 0 amide bonds. The van der Waals surface area contributed by atoms with Gasteiger partial charge < -0.3 is 4.43 Å². The van der Waals surface area contributed by atoms with E-state index in [4.69, 9.17) is 4.43 Å². The van der Waals surface area contributed by atoms with Crippen LogP contribution in [0.15, 0.2) is 36.9 Å². The molecule has 1 aromatic carbocycles. The van der Waals surface area contributed by atoms with Gasteiger partial charge in [0, 0.05) is 12.4 Å². The molecular weight excluding hydrogens is 310 g/mol. The van der Waals surface area contributed by atoms with E-state index in [1.807, 2.05) is 22.9 Å². The molecule has 0 spiro atoms. The molecule has 0 atom stereocenters. The van der Waals surface area contributed by atoms with Gasteiger partial charge in [0.2, 0.25) is 8.32 Å². The van der Waals surface area contributed by atoms with Crippen LogP contribution in [0.25, 0.3) is 15.3 Å². The Morgan fingerprint density at radius 2 is 2.00 bits per heavy atom. The second-order valence-electron chi connectivity index (χ2n) is 6.96. The van der Waals surface area contributed by atoms with Crippen LogP contribution in [0.4, 0.5) is 0 Å². The number of thiazole rings is 1. The minimum Gasteiger partial charge on any atom is -0.543 e. The number of imidazole rings is 1. The normalized spacial score (nSPS) is 12.8. The predicted octanol–water partition coefficient (Wildman–Crippen LogP) is 4.87. The Morgan fingerprint density at radius 1 is 1.23 bits per heavy atom. The maximum absolute atomic E-state index is 6.37. The molecule has 0 fully saturated rings. The van der Waals surface area contributed by atoms with Crippen LogP contribution >= 0.6 is 11.3 Å². The quantitative estimate of drug-likeness (QED) is 0.643. The zero-order valence-electron chi connectivity index (χ0n) is 13.6. The second kappa shape index (κ2) is 5.21. The lowest BCUT2D eigenvalue weighted by atomic mass is 10.2. The summed E-state index contributed by atoms with van der Waals surface area (Å²) in [6.45, 7) is 11.3. The fraction of sp³-hybridized carbons (Fsp3) is 0.375. The van der Waals surface area contributed by atoms with E-state index in [1.54, 1.807) is 23.9 Å². The SMILES string of the molecule is CC(C)(C)[Si](C)(C)Oc1ccc2nc(-n3ccnc3)sc2c1. The lowest BCUT2D eigenvalue weighted by Crippen LogP contribution is -2.43. The lowest BCUT2D eigenvalue weighted by Gasteiger charge is -2.36. The number of nitrogens with zero attached hydrogens (tertiary/aromatic N) is 3. The topological polar surface area (TPSA) is 39.9 Å². The predicted molar refractivity (Wildman–Crippen MR) is 94.6 cm³/mol. The van der Waals surface area contributed by atoms with Crippen molar-refractivity contribution >= 4 is 29.9 Å². The summed E-state index contributed by atoms with van der Waals surface area (Å²) >= 11 is 1.65. The highest BCUT2D eigenvalue weighted by molar-refractivity contribution is 7.20. The Bertz CT molecular complexity index is 787. The van der Waals surface area contributed by atoms with Crippen LogP contribution in [-0.4, -0.2) is 22.9 Å². The Balaban J connectivity index is 1.93. The van der Waals surface area contributed by atoms with Gasteiger partial charge in [0.15, 0.2) is 5.13 Å². The van der Waals surface area contributed by atoms with E-state index in [-0.39, 0.29) is 5.04 Å². The minimum atomic E-state index is -1.81. The largest absolute Gasteiger partial charge is 0.543 e. The molecule has 22 heavy (non-hydrogen) atoms. The van der Waals surface area contributed by atoms with Gasteiger partial charge in [-0.05, 0) is 36.3 Å². The van der Waals surface area contributed by atoms with Gasteiger partial charge in [0.25, 0.3) is 0 Å². The number of fused-ring (bicyclic) bond motifs is 1. The monoisotopic (exact) mass is 331 g/mol. The average molecular weight is 332 g/mol. The fourth-order valence-electron chi connectivity index (χ4n) is 1.89. The Kier molecular flexibility index (Phi) is 3.61. The van der Waals surface area contributed by atoms with E-state index in [9.17, 15) is 0 Å². The standard InChI is InChI=1S/C16H21N3OSSi/c1-16(2,3)22(4,5)20-12-6-7-13-14(10-12)21-15(18-13)19-9-8-17-11-19/h6-11H,1-5H3. The Morgan fingerprint density at radius 3 is 2.64 bits per heavy atom. The van der Waals surface area contributed by atoms with Crippen molar-refractivity contribution in [1.82, 2.24) is 14.5 Å². The maximum Gasteiger partial charge on any atom is 0.250 e. The van der Waals surface area contributed by atoms with Gasteiger partial charge in [-0.1, -0.05) is 32.1 Å². The van der Waals surface area contributed by atoms with Gasteiger partial charge in [-0.2, -0.15) is 0 Å². The molecular formula is C16H21N3OSSi. The fourth-order valence-corrected chi connectivity index (χ4v) is 3.86. The van der Waals surface area contributed by atoms with Crippen LogP contribution in [0.5, 0.6) is 5.75 Å². The molecule has 3 aromatic rings. The summed E-state index contributed by atoms with van der Waals surface area (Å²) in [6, 6.07) is 6.17. The third-order valence-corrected chi connectivity index (χ3v) is 9.64. The van der Waals surface area contributed by atoms with E-state index < -0.39 is 8.32 Å². The van der Waals surface area contributed by atoms with Gasteiger partial charge in [0.05, 0.1) is 10.2 Å². The van der Waals surface area contributed by atoms with Gasteiger partial charge >= 0.3 is 0 Å². The third-order valence-electron chi connectivity index (χ3n) is 4.25. The zero-order chi connectivity index (χ0) is 16.0. The molecule has 6 heteroatoms. The summed E-state index contributed by atoms with van der Waals surface area (Å²) in [5.74, 6) is 0.944. The van der Waals surface area contributed by atoms with Crippen molar-refractivity contribution in [3.63, 3.8) is 0 Å². The molecule has 2 heterocycles. The first kappa shape index (κ1) is 15.2. The summed E-state index contributed by atoms with van der Waals surface area (Å²) in [7, 11) is -1.81. The van der Waals surface area contributed by atoms with Crippen LogP contribution in [0.2, 0.25) is 18.1 Å². The number of hydrogen-bond acceptors (Lipinski definition) is 4. The summed E-state index contributed by atoms with van der Waals surface area (Å²) in [5, 5.41) is 1.12. The van der Waals surface area contributed by atoms with Gasteiger partial charge in [-0.3, -0.25) is 4.57 Å². The molecule has 0 saturated carbocycles. The molecule has 0 N–H and O–H groups in total. The first-order chi connectivity index (χ1) is 10.3. The number of rotatable bonds is 3. The van der Waals surface area contributed by atoms with Crippen LogP contribution in [0, 0.1) is 0 Å². The highest BCUT2D eigenvalue weighted by atomic mass is 32.1. The molecule has 0 radical (unpaired) electrons. The maximum atomic E-state index is 6.37. The van der Waals surface area contributed by atoms with E-state index in [0.717, 1.165) is 21.1 Å². The smallest absolute Gasteiger partial charge is 0.250 e. The highest BCUT2D eigenvalue weighted by Crippen LogP contribution is 2.38. The number of aromatic nitrogens is 3. The number of benzene rings is 1. The van der Waals surface area contributed by atoms with Crippen LogP contribution < -0.4 is 4.43 Å². The number of hydrogen-bond donors (Lipinski definition) is 0. The Hall–Kier alpha value is -1.66. The highest BCUT2D eigenvalue weighted by Gasteiger charge is 2.39. The minimum absolute atomic E-state index is 0.192. The molecule has 0 aliphatic carbocycles. The molecule has 2 aromatic heterocycles. The van der Waals surface area contributed by atoms with Crippen molar-refractivity contribution in [3.05, 3.63) is 36.9 Å². The van der Waals surface area contributed by atoms with E-state index in [0.29, 0.717) is 0 Å². The molecule has 3 rings (SSSR count). The molecule has 0 aliphatic rings. The second-order valence-corrected chi connectivity index (χ2v) is 12.7. The van der Waals surface area contributed by atoms with Crippen molar-refractivity contribution in [2.75, 3.05) is 0 Å². The van der Waals surface area contributed by atoms with Gasteiger partial charge in [0.1, 0.15) is 12.1 Å². The zero-order valence-corrected chi connectivity index (χ0v) is 15.4. The third kappa shape index (κ3) is 2.80. The van der Waals surface area contributed by atoms with E-state index in [2.05, 4.69) is 49.9 Å². The van der Waals surface area contributed by atoms with E-state index in [1.165, 1.54) is 0 Å². The molecule has 0 unspecified atom stereocenters. The molecule has 116 valence electrons. The first-order valence-corrected chi connectivity index (χ1v) is 11.1. The van der Waals surface area contributed by atoms with Crippen molar-refractivity contribution in [3.8, 4) is 10.9 Å².